The Balaban J connectivity index is 2.47. The van der Waals surface area contributed by atoms with E-state index in [0.29, 0.717) is 6.54 Å². The zero-order valence-electron chi connectivity index (χ0n) is 11.3. The molecule has 1 amide bonds. The van der Waals surface area contributed by atoms with Gasteiger partial charge in [-0.3, -0.25) is 4.79 Å². The van der Waals surface area contributed by atoms with Crippen LogP contribution in [0.5, 0.6) is 5.75 Å². The molecule has 0 aliphatic carbocycles. The topological polar surface area (TPSA) is 38.3 Å². The molecule has 1 aromatic rings. The largest absolute Gasteiger partial charge is 0.484 e. The van der Waals surface area contributed by atoms with E-state index in [-0.39, 0.29) is 11.7 Å². The van der Waals surface area contributed by atoms with Gasteiger partial charge in [0, 0.05) is 12.6 Å². The molecule has 0 bridgehead atoms. The van der Waals surface area contributed by atoms with Crippen molar-refractivity contribution in [3.05, 3.63) is 41.5 Å². The average Bonchev–Trinajstić information content (AvgIpc) is 2.33. The molecule has 0 saturated heterocycles. The molecule has 0 aliphatic heterocycles. The standard InChI is InChI=1S/C14H16F3NO2/c1-10(2)7-13(19)18-8-11-3-5-12(6-4-11)20-9-14(15,16)17/h3-7H,8-9H2,1-2H3,(H,18,19). The quantitative estimate of drug-likeness (QED) is 0.844. The van der Waals surface area contributed by atoms with Gasteiger partial charge in [-0.05, 0) is 31.5 Å². The first-order chi connectivity index (χ1) is 9.26. The number of ether oxygens (including phenoxy) is 1. The van der Waals surface area contributed by atoms with Crippen molar-refractivity contribution in [1.82, 2.24) is 5.32 Å². The van der Waals surface area contributed by atoms with Crippen molar-refractivity contribution >= 4 is 5.91 Å². The van der Waals surface area contributed by atoms with Crippen LogP contribution >= 0.6 is 0 Å². The highest BCUT2D eigenvalue weighted by molar-refractivity contribution is 5.87. The summed E-state index contributed by atoms with van der Waals surface area (Å²) in [5.41, 5.74) is 1.67. The fourth-order valence-corrected chi connectivity index (χ4v) is 1.37. The molecule has 1 N–H and O–H groups in total. The molecule has 0 unspecified atom stereocenters. The number of amides is 1. The first-order valence-corrected chi connectivity index (χ1v) is 5.97. The monoisotopic (exact) mass is 287 g/mol. The van der Waals surface area contributed by atoms with Crippen LogP contribution < -0.4 is 10.1 Å². The number of benzene rings is 1. The third kappa shape index (κ3) is 6.82. The summed E-state index contributed by atoms with van der Waals surface area (Å²) < 4.78 is 40.5. The fraction of sp³-hybridized carbons (Fsp3) is 0.357. The molecule has 0 aliphatic rings. The van der Waals surface area contributed by atoms with Crippen LogP contribution in [0.2, 0.25) is 0 Å². The van der Waals surface area contributed by atoms with E-state index in [2.05, 4.69) is 10.1 Å². The highest BCUT2D eigenvalue weighted by Crippen LogP contribution is 2.18. The van der Waals surface area contributed by atoms with E-state index in [9.17, 15) is 18.0 Å². The van der Waals surface area contributed by atoms with Crippen LogP contribution in [-0.4, -0.2) is 18.7 Å². The van der Waals surface area contributed by atoms with Crippen LogP contribution in [0.15, 0.2) is 35.9 Å². The molecule has 0 heterocycles. The minimum atomic E-state index is -4.35. The zero-order chi connectivity index (χ0) is 15.2. The summed E-state index contributed by atoms with van der Waals surface area (Å²) in [5, 5.41) is 2.67. The lowest BCUT2D eigenvalue weighted by Gasteiger charge is -2.09. The second-order valence-corrected chi connectivity index (χ2v) is 4.49. The van der Waals surface area contributed by atoms with Gasteiger partial charge in [-0.25, -0.2) is 0 Å². The van der Waals surface area contributed by atoms with Gasteiger partial charge in [0.15, 0.2) is 6.61 Å². The summed E-state index contributed by atoms with van der Waals surface area (Å²) in [6.07, 6.45) is -2.88. The normalized spacial score (nSPS) is 10.8. The number of rotatable bonds is 5. The number of carbonyl (C=O) groups excluding carboxylic acids is 1. The number of allylic oxidation sites excluding steroid dienone is 1. The molecule has 6 heteroatoms. The molecular weight excluding hydrogens is 271 g/mol. The van der Waals surface area contributed by atoms with Gasteiger partial charge in [-0.1, -0.05) is 17.7 Å². The van der Waals surface area contributed by atoms with Gasteiger partial charge in [-0.15, -0.1) is 0 Å². The first kappa shape index (κ1) is 16.1. The number of halogens is 3. The van der Waals surface area contributed by atoms with E-state index < -0.39 is 12.8 Å². The summed E-state index contributed by atoms with van der Waals surface area (Å²) in [4.78, 5) is 11.4. The van der Waals surface area contributed by atoms with E-state index >= 15 is 0 Å². The van der Waals surface area contributed by atoms with E-state index in [0.717, 1.165) is 11.1 Å². The van der Waals surface area contributed by atoms with Crippen LogP contribution in [0.25, 0.3) is 0 Å². The lowest BCUT2D eigenvalue weighted by Crippen LogP contribution is -2.20. The molecule has 0 atom stereocenters. The van der Waals surface area contributed by atoms with E-state index in [1.165, 1.54) is 18.2 Å². The molecule has 1 rings (SSSR count). The lowest BCUT2D eigenvalue weighted by molar-refractivity contribution is -0.153. The number of alkyl halides is 3. The summed E-state index contributed by atoms with van der Waals surface area (Å²) in [6, 6.07) is 6.09. The second-order valence-electron chi connectivity index (χ2n) is 4.49. The number of carbonyl (C=O) groups is 1. The first-order valence-electron chi connectivity index (χ1n) is 5.97. The Morgan fingerprint density at radius 3 is 2.35 bits per heavy atom. The third-order valence-electron chi connectivity index (χ3n) is 2.21. The summed E-state index contributed by atoms with van der Waals surface area (Å²) in [6.45, 7) is 2.62. The van der Waals surface area contributed by atoms with Crippen molar-refractivity contribution in [2.45, 2.75) is 26.6 Å². The van der Waals surface area contributed by atoms with Crippen molar-refractivity contribution in [2.24, 2.45) is 0 Å². The fourth-order valence-electron chi connectivity index (χ4n) is 1.37. The highest BCUT2D eigenvalue weighted by atomic mass is 19.4. The Hall–Kier alpha value is -1.98. The maximum Gasteiger partial charge on any atom is 0.422 e. The molecule has 0 fully saturated rings. The minimum absolute atomic E-state index is 0.140. The Labute approximate surface area is 115 Å². The van der Waals surface area contributed by atoms with Gasteiger partial charge in [0.05, 0.1) is 0 Å². The Kier molecular flexibility index (Phi) is 5.61. The van der Waals surface area contributed by atoms with Crippen molar-refractivity contribution in [3.8, 4) is 5.75 Å². The highest BCUT2D eigenvalue weighted by Gasteiger charge is 2.28. The Morgan fingerprint density at radius 1 is 1.25 bits per heavy atom. The maximum atomic E-state index is 12.0. The van der Waals surface area contributed by atoms with Gasteiger partial charge in [0.25, 0.3) is 0 Å². The summed E-state index contributed by atoms with van der Waals surface area (Å²) >= 11 is 0. The van der Waals surface area contributed by atoms with Gasteiger partial charge < -0.3 is 10.1 Å². The molecule has 20 heavy (non-hydrogen) atoms. The second kappa shape index (κ2) is 6.98. The van der Waals surface area contributed by atoms with Gasteiger partial charge in [0.1, 0.15) is 5.75 Å². The van der Waals surface area contributed by atoms with Crippen molar-refractivity contribution in [3.63, 3.8) is 0 Å². The van der Waals surface area contributed by atoms with E-state index in [4.69, 9.17) is 0 Å². The molecular formula is C14H16F3NO2. The summed E-state index contributed by atoms with van der Waals surface area (Å²) in [7, 11) is 0. The Bertz CT molecular complexity index is 474. The molecule has 0 aromatic heterocycles. The maximum absolute atomic E-state index is 12.0. The average molecular weight is 287 g/mol. The lowest BCUT2D eigenvalue weighted by atomic mass is 10.2. The van der Waals surface area contributed by atoms with Crippen LogP contribution in [0, 0.1) is 0 Å². The molecule has 3 nitrogen and oxygen atoms in total. The minimum Gasteiger partial charge on any atom is -0.484 e. The van der Waals surface area contributed by atoms with Gasteiger partial charge in [-0.2, -0.15) is 13.2 Å². The summed E-state index contributed by atoms with van der Waals surface area (Å²) in [5.74, 6) is -0.0657. The molecule has 0 radical (unpaired) electrons. The third-order valence-corrected chi connectivity index (χ3v) is 2.21. The smallest absolute Gasteiger partial charge is 0.422 e. The van der Waals surface area contributed by atoms with Gasteiger partial charge in [0.2, 0.25) is 5.91 Å². The van der Waals surface area contributed by atoms with Gasteiger partial charge >= 0.3 is 6.18 Å². The molecule has 0 spiro atoms. The van der Waals surface area contributed by atoms with Crippen molar-refractivity contribution in [1.29, 1.82) is 0 Å². The molecule has 110 valence electrons. The van der Waals surface area contributed by atoms with Crippen LogP contribution in [0.4, 0.5) is 13.2 Å². The SMILES string of the molecule is CC(C)=CC(=O)NCc1ccc(OCC(F)(F)F)cc1. The van der Waals surface area contributed by atoms with Crippen LogP contribution in [0.1, 0.15) is 19.4 Å². The predicted molar refractivity (Wildman–Crippen MR) is 69.3 cm³/mol. The van der Waals surface area contributed by atoms with Crippen LogP contribution in [0.3, 0.4) is 0 Å². The van der Waals surface area contributed by atoms with Crippen molar-refractivity contribution in [2.75, 3.05) is 6.61 Å². The predicted octanol–water partition coefficient (Wildman–Crippen LogP) is 3.21. The molecule has 0 saturated carbocycles. The number of hydrogen-bond acceptors (Lipinski definition) is 2. The zero-order valence-corrected chi connectivity index (χ0v) is 11.3. The van der Waals surface area contributed by atoms with E-state index in [1.54, 1.807) is 12.1 Å². The number of hydrogen-bond donors (Lipinski definition) is 1. The Morgan fingerprint density at radius 2 is 1.85 bits per heavy atom. The van der Waals surface area contributed by atoms with Crippen LogP contribution in [-0.2, 0) is 11.3 Å². The van der Waals surface area contributed by atoms with E-state index in [1.807, 2.05) is 13.8 Å². The van der Waals surface area contributed by atoms with Crippen molar-refractivity contribution < 1.29 is 22.7 Å². The molecule has 1 aromatic carbocycles. The number of nitrogens with one attached hydrogen (secondary N) is 1.